The first-order chi connectivity index (χ1) is 13.4. The first-order valence-electron chi connectivity index (χ1n) is 8.63. The van der Waals surface area contributed by atoms with Crippen molar-refractivity contribution >= 4 is 39.0 Å². The van der Waals surface area contributed by atoms with E-state index in [0.717, 1.165) is 22.5 Å². The van der Waals surface area contributed by atoms with Crippen LogP contribution in [0.15, 0.2) is 36.4 Å². The van der Waals surface area contributed by atoms with E-state index in [9.17, 15) is 14.0 Å². The summed E-state index contributed by atoms with van der Waals surface area (Å²) in [5.74, 6) is -1.54. The van der Waals surface area contributed by atoms with E-state index in [0.29, 0.717) is 21.3 Å². The van der Waals surface area contributed by atoms with Gasteiger partial charge in [0, 0.05) is 28.4 Å². The molecule has 3 rings (SSSR count). The van der Waals surface area contributed by atoms with Gasteiger partial charge in [0.1, 0.15) is 10.7 Å². The standard InChI is InChI=1S/C21H20FNO4S/c1-12-7-8-13(2)16(9-12)23-18(24)11-27-21(25)20-14(10-26-3)19-15(22)5-4-6-17(19)28-20/h4-9H,10-11H2,1-3H3,(H,23,24). The first kappa shape index (κ1) is 20.0. The molecule has 0 aliphatic heterocycles. The van der Waals surface area contributed by atoms with Gasteiger partial charge in [-0.15, -0.1) is 11.3 Å². The van der Waals surface area contributed by atoms with Crippen molar-refractivity contribution in [3.63, 3.8) is 0 Å². The smallest absolute Gasteiger partial charge is 0.349 e. The fraction of sp³-hybridized carbons (Fsp3) is 0.238. The van der Waals surface area contributed by atoms with Gasteiger partial charge in [-0.2, -0.15) is 0 Å². The van der Waals surface area contributed by atoms with Crippen LogP contribution < -0.4 is 5.32 Å². The monoisotopic (exact) mass is 401 g/mol. The Morgan fingerprint density at radius 3 is 2.71 bits per heavy atom. The zero-order valence-electron chi connectivity index (χ0n) is 15.8. The average molecular weight is 401 g/mol. The molecule has 0 fully saturated rings. The SMILES string of the molecule is COCc1c(C(=O)OCC(=O)Nc2cc(C)ccc2C)sc2cccc(F)c12. The highest BCUT2D eigenvalue weighted by Gasteiger charge is 2.22. The average Bonchev–Trinajstić information content (AvgIpc) is 3.03. The molecule has 2 aromatic carbocycles. The second-order valence-electron chi connectivity index (χ2n) is 6.40. The molecule has 0 unspecified atom stereocenters. The van der Waals surface area contributed by atoms with Crippen molar-refractivity contribution in [3.8, 4) is 0 Å². The Morgan fingerprint density at radius 1 is 1.18 bits per heavy atom. The van der Waals surface area contributed by atoms with E-state index in [4.69, 9.17) is 9.47 Å². The van der Waals surface area contributed by atoms with E-state index in [1.165, 1.54) is 13.2 Å². The number of aryl methyl sites for hydroxylation is 2. The van der Waals surface area contributed by atoms with Gasteiger partial charge < -0.3 is 14.8 Å². The number of carbonyl (C=O) groups is 2. The minimum atomic E-state index is -0.677. The number of rotatable bonds is 6. The number of esters is 1. The van der Waals surface area contributed by atoms with E-state index < -0.39 is 24.3 Å². The number of nitrogens with one attached hydrogen (secondary N) is 1. The summed E-state index contributed by atoms with van der Waals surface area (Å²) >= 11 is 1.12. The van der Waals surface area contributed by atoms with Crippen LogP contribution in [-0.4, -0.2) is 25.6 Å². The van der Waals surface area contributed by atoms with E-state index in [1.807, 2.05) is 32.0 Å². The van der Waals surface area contributed by atoms with Crippen LogP contribution in [0, 0.1) is 19.7 Å². The van der Waals surface area contributed by atoms with Crippen molar-refractivity contribution in [2.75, 3.05) is 19.0 Å². The number of hydrogen-bond donors (Lipinski definition) is 1. The summed E-state index contributed by atoms with van der Waals surface area (Å²) in [5, 5.41) is 3.08. The molecule has 5 nitrogen and oxygen atoms in total. The maximum absolute atomic E-state index is 14.2. The number of ether oxygens (including phenoxy) is 2. The molecule has 0 radical (unpaired) electrons. The lowest BCUT2D eigenvalue weighted by Gasteiger charge is -2.10. The van der Waals surface area contributed by atoms with Gasteiger partial charge in [-0.1, -0.05) is 18.2 Å². The van der Waals surface area contributed by atoms with Crippen LogP contribution in [0.4, 0.5) is 10.1 Å². The molecule has 0 atom stereocenters. The lowest BCUT2D eigenvalue weighted by molar-refractivity contribution is -0.119. The Bertz CT molecular complexity index is 1040. The van der Waals surface area contributed by atoms with Crippen LogP contribution in [0.1, 0.15) is 26.4 Å². The molecule has 1 N–H and O–H groups in total. The van der Waals surface area contributed by atoms with Crippen molar-refractivity contribution in [2.24, 2.45) is 0 Å². The first-order valence-corrected chi connectivity index (χ1v) is 9.45. The molecule has 0 saturated heterocycles. The molecule has 0 aliphatic rings. The zero-order valence-corrected chi connectivity index (χ0v) is 16.6. The predicted octanol–water partition coefficient (Wildman–Crippen LogP) is 4.60. The number of anilines is 1. The van der Waals surface area contributed by atoms with Crippen molar-refractivity contribution < 1.29 is 23.5 Å². The van der Waals surface area contributed by atoms with Gasteiger partial charge in [-0.05, 0) is 43.2 Å². The Morgan fingerprint density at radius 2 is 1.96 bits per heavy atom. The molecular formula is C21H20FNO4S. The fourth-order valence-electron chi connectivity index (χ4n) is 2.87. The molecule has 146 valence electrons. The van der Waals surface area contributed by atoms with Gasteiger partial charge in [-0.25, -0.2) is 9.18 Å². The van der Waals surface area contributed by atoms with Gasteiger partial charge in [0.05, 0.1) is 6.61 Å². The highest BCUT2D eigenvalue weighted by Crippen LogP contribution is 2.34. The highest BCUT2D eigenvalue weighted by atomic mass is 32.1. The van der Waals surface area contributed by atoms with Crippen LogP contribution >= 0.6 is 11.3 Å². The molecule has 7 heteroatoms. The number of amides is 1. The number of carbonyl (C=O) groups excluding carboxylic acids is 2. The largest absolute Gasteiger partial charge is 0.451 e. The maximum atomic E-state index is 14.2. The van der Waals surface area contributed by atoms with Crippen molar-refractivity contribution in [2.45, 2.75) is 20.5 Å². The highest BCUT2D eigenvalue weighted by molar-refractivity contribution is 7.21. The topological polar surface area (TPSA) is 64.6 Å². The number of benzene rings is 2. The molecule has 3 aromatic rings. The summed E-state index contributed by atoms with van der Waals surface area (Å²) < 4.78 is 25.1. The molecule has 0 spiro atoms. The van der Waals surface area contributed by atoms with Crippen LogP contribution in [0.3, 0.4) is 0 Å². The third kappa shape index (κ3) is 4.21. The summed E-state index contributed by atoms with van der Waals surface area (Å²) in [7, 11) is 1.47. The van der Waals surface area contributed by atoms with Gasteiger partial charge in [0.25, 0.3) is 5.91 Å². The molecule has 0 saturated carbocycles. The summed E-state index contributed by atoms with van der Waals surface area (Å²) in [6.45, 7) is 3.44. The summed E-state index contributed by atoms with van der Waals surface area (Å²) in [6, 6.07) is 10.3. The molecule has 1 amide bonds. The van der Waals surface area contributed by atoms with E-state index >= 15 is 0 Å². The van der Waals surface area contributed by atoms with Crippen LogP contribution in [-0.2, 0) is 20.9 Å². The van der Waals surface area contributed by atoms with Crippen LogP contribution in [0.2, 0.25) is 0 Å². The maximum Gasteiger partial charge on any atom is 0.349 e. The summed E-state index contributed by atoms with van der Waals surface area (Å²) in [6.07, 6.45) is 0. The molecule has 0 bridgehead atoms. The number of fused-ring (bicyclic) bond motifs is 1. The molecular weight excluding hydrogens is 381 g/mol. The number of methoxy groups -OCH3 is 1. The Hall–Kier alpha value is -2.77. The van der Waals surface area contributed by atoms with Gasteiger partial charge >= 0.3 is 5.97 Å². The fourth-order valence-corrected chi connectivity index (χ4v) is 3.98. The molecule has 1 heterocycles. The predicted molar refractivity (Wildman–Crippen MR) is 107 cm³/mol. The minimum absolute atomic E-state index is 0.0695. The molecule has 0 aliphatic carbocycles. The lowest BCUT2D eigenvalue weighted by atomic mass is 10.1. The lowest BCUT2D eigenvalue weighted by Crippen LogP contribution is -2.21. The van der Waals surface area contributed by atoms with Crippen molar-refractivity contribution in [3.05, 3.63) is 63.8 Å². The Labute approximate surface area is 166 Å². The number of halogens is 1. The van der Waals surface area contributed by atoms with Crippen LogP contribution in [0.5, 0.6) is 0 Å². The van der Waals surface area contributed by atoms with Gasteiger partial charge in [0.15, 0.2) is 6.61 Å². The minimum Gasteiger partial charge on any atom is -0.451 e. The van der Waals surface area contributed by atoms with Crippen molar-refractivity contribution in [1.29, 1.82) is 0 Å². The van der Waals surface area contributed by atoms with Crippen LogP contribution in [0.25, 0.3) is 10.1 Å². The molecule has 1 aromatic heterocycles. The third-order valence-corrected chi connectivity index (χ3v) is 5.42. The normalized spacial score (nSPS) is 10.9. The Balaban J connectivity index is 1.74. The van der Waals surface area contributed by atoms with Gasteiger partial charge in [-0.3, -0.25) is 4.79 Å². The zero-order chi connectivity index (χ0) is 20.3. The quantitative estimate of drug-likeness (QED) is 0.613. The van der Waals surface area contributed by atoms with Crippen molar-refractivity contribution in [1.82, 2.24) is 0 Å². The second-order valence-corrected chi connectivity index (χ2v) is 7.45. The summed E-state index contributed by atoms with van der Waals surface area (Å²) in [5.41, 5.74) is 3.02. The van der Waals surface area contributed by atoms with E-state index in [2.05, 4.69) is 5.32 Å². The Kier molecular flexibility index (Phi) is 6.06. The molecule has 28 heavy (non-hydrogen) atoms. The van der Waals surface area contributed by atoms with E-state index in [1.54, 1.807) is 12.1 Å². The second kappa shape index (κ2) is 8.50. The third-order valence-electron chi connectivity index (χ3n) is 4.24. The summed E-state index contributed by atoms with van der Waals surface area (Å²) in [4.78, 5) is 24.9. The van der Waals surface area contributed by atoms with E-state index in [-0.39, 0.29) is 11.5 Å². The van der Waals surface area contributed by atoms with Gasteiger partial charge in [0.2, 0.25) is 0 Å². The number of hydrogen-bond acceptors (Lipinski definition) is 5. The number of thiophene rings is 1.